The highest BCUT2D eigenvalue weighted by molar-refractivity contribution is 5.82. The Hall–Kier alpha value is -3.92. The van der Waals surface area contributed by atoms with Gasteiger partial charge in [0.25, 0.3) is 5.56 Å². The quantitative estimate of drug-likeness (QED) is 0.254. The van der Waals surface area contributed by atoms with Crippen molar-refractivity contribution < 1.29 is 27.9 Å². The number of nitrogens with one attached hydrogen (secondary N) is 1. The molecule has 7 nitrogen and oxygen atoms in total. The standard InChI is InChI=1S/C36H42F3N3O4/c1-20(2)10-32(42-17-23(13-30(39)36(42)46)8-9-41-18-27(38)19-41)35(45)40-31(16-33(43)44)25-14-24-6-5-7-28(24)29(15-25)34-21(3)11-26(37)12-22(34)4/h11-15,17,20,27,31-32H,5-10,16,18-19H2,1-4H3,(H,40,45)(H,43,44)/t31-,32-/m0/s1. The van der Waals surface area contributed by atoms with E-state index in [1.54, 1.807) is 0 Å². The van der Waals surface area contributed by atoms with Gasteiger partial charge in [-0.2, -0.15) is 0 Å². The number of aromatic nitrogens is 1. The lowest BCUT2D eigenvalue weighted by atomic mass is 9.87. The van der Waals surface area contributed by atoms with Crippen LogP contribution in [0.1, 0.15) is 78.6 Å². The summed E-state index contributed by atoms with van der Waals surface area (Å²) in [5.74, 6) is -3.07. The highest BCUT2D eigenvalue weighted by Gasteiger charge is 2.30. The Morgan fingerprint density at radius 2 is 1.74 bits per heavy atom. The largest absolute Gasteiger partial charge is 0.481 e. The topological polar surface area (TPSA) is 91.6 Å². The van der Waals surface area contributed by atoms with Gasteiger partial charge < -0.3 is 15.0 Å². The molecule has 5 rings (SSSR count). The second-order valence-corrected chi connectivity index (χ2v) is 13.3. The maximum Gasteiger partial charge on any atom is 0.305 e. The van der Waals surface area contributed by atoms with Crippen LogP contribution in [0, 0.1) is 31.4 Å². The maximum absolute atomic E-state index is 15.0. The van der Waals surface area contributed by atoms with Crippen molar-refractivity contribution in [3.8, 4) is 11.1 Å². The van der Waals surface area contributed by atoms with Crippen molar-refractivity contribution in [3.63, 3.8) is 0 Å². The molecule has 0 unspecified atom stereocenters. The first kappa shape index (κ1) is 33.4. The third-order valence-corrected chi connectivity index (χ3v) is 9.12. The van der Waals surface area contributed by atoms with Gasteiger partial charge in [-0.15, -0.1) is 0 Å². The van der Waals surface area contributed by atoms with Crippen molar-refractivity contribution in [2.24, 2.45) is 5.92 Å². The molecule has 1 saturated heterocycles. The van der Waals surface area contributed by atoms with Gasteiger partial charge in [0, 0.05) is 25.8 Å². The van der Waals surface area contributed by atoms with Gasteiger partial charge >= 0.3 is 5.97 Å². The maximum atomic E-state index is 15.0. The minimum Gasteiger partial charge on any atom is -0.481 e. The van der Waals surface area contributed by atoms with E-state index in [2.05, 4.69) is 5.32 Å². The number of aryl methyl sites for hydroxylation is 3. The van der Waals surface area contributed by atoms with Crippen LogP contribution in [-0.2, 0) is 28.9 Å². The van der Waals surface area contributed by atoms with E-state index < -0.39 is 47.9 Å². The number of rotatable bonds is 12. The predicted octanol–water partition coefficient (Wildman–Crippen LogP) is 6.01. The fraction of sp³-hybridized carbons (Fsp3) is 0.472. The van der Waals surface area contributed by atoms with Crippen molar-refractivity contribution in [1.29, 1.82) is 0 Å². The molecule has 0 spiro atoms. The molecule has 246 valence electrons. The predicted molar refractivity (Wildman–Crippen MR) is 171 cm³/mol. The van der Waals surface area contributed by atoms with E-state index in [0.717, 1.165) is 63.3 Å². The van der Waals surface area contributed by atoms with E-state index in [1.165, 1.54) is 18.3 Å². The zero-order chi connectivity index (χ0) is 33.3. The van der Waals surface area contributed by atoms with Crippen molar-refractivity contribution in [1.82, 2.24) is 14.8 Å². The lowest BCUT2D eigenvalue weighted by Crippen LogP contribution is -2.49. The average molecular weight is 638 g/mol. The van der Waals surface area contributed by atoms with Crippen LogP contribution in [0.2, 0.25) is 0 Å². The molecule has 2 aliphatic rings. The van der Waals surface area contributed by atoms with Crippen LogP contribution in [0.4, 0.5) is 13.2 Å². The van der Waals surface area contributed by atoms with Crippen LogP contribution in [0.15, 0.2) is 41.3 Å². The Labute approximate surface area is 267 Å². The van der Waals surface area contributed by atoms with E-state index in [-0.39, 0.29) is 18.2 Å². The number of carbonyl (C=O) groups is 2. The van der Waals surface area contributed by atoms with E-state index in [1.807, 2.05) is 44.7 Å². The number of likely N-dealkylation sites (tertiary alicyclic amines) is 1. The number of carbonyl (C=O) groups excluding carboxylic acids is 1. The zero-order valence-electron chi connectivity index (χ0n) is 26.8. The van der Waals surface area contributed by atoms with Gasteiger partial charge in [0.1, 0.15) is 18.0 Å². The van der Waals surface area contributed by atoms with Gasteiger partial charge in [0.15, 0.2) is 5.82 Å². The Morgan fingerprint density at radius 1 is 1.04 bits per heavy atom. The number of carboxylic acids is 1. The van der Waals surface area contributed by atoms with Crippen LogP contribution >= 0.6 is 0 Å². The molecule has 1 amide bonds. The highest BCUT2D eigenvalue weighted by atomic mass is 19.1. The first-order chi connectivity index (χ1) is 21.8. The summed E-state index contributed by atoms with van der Waals surface area (Å²) >= 11 is 0. The monoisotopic (exact) mass is 637 g/mol. The van der Waals surface area contributed by atoms with E-state index in [0.29, 0.717) is 37.2 Å². The number of benzene rings is 2. The average Bonchev–Trinajstić information content (AvgIpc) is 3.43. The molecule has 0 bridgehead atoms. The van der Waals surface area contributed by atoms with Crippen LogP contribution < -0.4 is 10.9 Å². The Morgan fingerprint density at radius 3 is 2.37 bits per heavy atom. The van der Waals surface area contributed by atoms with Crippen molar-refractivity contribution in [2.45, 2.75) is 84.5 Å². The van der Waals surface area contributed by atoms with E-state index >= 15 is 0 Å². The molecule has 2 atom stereocenters. The van der Waals surface area contributed by atoms with Gasteiger partial charge in [0.05, 0.1) is 12.5 Å². The number of carboxylic acid groups (broad SMARTS) is 1. The summed E-state index contributed by atoms with van der Waals surface area (Å²) < 4.78 is 43.6. The number of amides is 1. The van der Waals surface area contributed by atoms with Crippen LogP contribution in [0.5, 0.6) is 0 Å². The molecule has 46 heavy (non-hydrogen) atoms. The number of fused-ring (bicyclic) bond motifs is 1. The molecular weight excluding hydrogens is 595 g/mol. The fourth-order valence-electron chi connectivity index (χ4n) is 6.95. The van der Waals surface area contributed by atoms with Gasteiger partial charge in [-0.3, -0.25) is 19.3 Å². The molecule has 0 radical (unpaired) electrons. The van der Waals surface area contributed by atoms with Gasteiger partial charge in [-0.1, -0.05) is 19.9 Å². The summed E-state index contributed by atoms with van der Waals surface area (Å²) in [5.41, 5.74) is 5.69. The molecule has 10 heteroatoms. The third-order valence-electron chi connectivity index (χ3n) is 9.12. The van der Waals surface area contributed by atoms with Gasteiger partial charge in [0.2, 0.25) is 5.91 Å². The summed E-state index contributed by atoms with van der Waals surface area (Å²) in [5, 5.41) is 12.8. The number of hydrogen-bond acceptors (Lipinski definition) is 4. The summed E-state index contributed by atoms with van der Waals surface area (Å²) in [7, 11) is 0. The number of halogens is 3. The molecule has 1 fully saturated rings. The lowest BCUT2D eigenvalue weighted by Gasteiger charge is -2.34. The Kier molecular flexibility index (Phi) is 10.1. The van der Waals surface area contributed by atoms with E-state index in [9.17, 15) is 32.7 Å². The molecule has 1 aliphatic heterocycles. The van der Waals surface area contributed by atoms with Crippen molar-refractivity contribution >= 4 is 11.9 Å². The fourth-order valence-corrected chi connectivity index (χ4v) is 6.95. The second-order valence-electron chi connectivity index (χ2n) is 13.3. The first-order valence-electron chi connectivity index (χ1n) is 16.0. The van der Waals surface area contributed by atoms with E-state index in [4.69, 9.17) is 0 Å². The minimum atomic E-state index is -1.12. The number of aliphatic carboxylic acids is 1. The normalized spacial score (nSPS) is 16.3. The Bertz CT molecular complexity index is 1670. The van der Waals surface area contributed by atoms with Gasteiger partial charge in [-0.05, 0) is 121 Å². The SMILES string of the molecule is Cc1cc(F)cc(C)c1-c1cc([C@H](CC(=O)O)NC(=O)[C@H](CC(C)C)n2cc(CCN3CC(F)C3)cc(F)c2=O)cc2c1CCC2. The third kappa shape index (κ3) is 7.38. The smallest absolute Gasteiger partial charge is 0.305 e. The summed E-state index contributed by atoms with van der Waals surface area (Å²) in [6.45, 7) is 8.59. The second kappa shape index (κ2) is 13.8. The first-order valence-corrected chi connectivity index (χ1v) is 16.0. The van der Waals surface area contributed by atoms with Crippen molar-refractivity contribution in [3.05, 3.63) is 91.9 Å². The van der Waals surface area contributed by atoms with Crippen LogP contribution in [0.3, 0.4) is 0 Å². The molecule has 3 aromatic rings. The van der Waals surface area contributed by atoms with Crippen LogP contribution in [-0.4, -0.2) is 52.3 Å². The van der Waals surface area contributed by atoms with Gasteiger partial charge in [-0.25, -0.2) is 13.2 Å². The zero-order valence-corrected chi connectivity index (χ0v) is 26.8. The molecule has 2 aromatic carbocycles. The summed E-state index contributed by atoms with van der Waals surface area (Å²) in [4.78, 5) is 41.1. The number of pyridine rings is 1. The molecular formula is C36H42F3N3O4. The molecule has 1 aromatic heterocycles. The van der Waals surface area contributed by atoms with Crippen molar-refractivity contribution in [2.75, 3.05) is 19.6 Å². The summed E-state index contributed by atoms with van der Waals surface area (Å²) in [6, 6.07) is 5.94. The Balaban J connectivity index is 1.50. The molecule has 0 saturated carbocycles. The lowest BCUT2D eigenvalue weighted by molar-refractivity contribution is -0.138. The molecule has 2 N–H and O–H groups in total. The number of nitrogens with zero attached hydrogens (tertiary/aromatic N) is 2. The minimum absolute atomic E-state index is 0.0501. The van der Waals surface area contributed by atoms with Crippen LogP contribution in [0.25, 0.3) is 11.1 Å². The number of alkyl halides is 1. The molecule has 2 heterocycles. The summed E-state index contributed by atoms with van der Waals surface area (Å²) in [6.07, 6.45) is 3.37. The molecule has 1 aliphatic carbocycles. The highest BCUT2D eigenvalue weighted by Crippen LogP contribution is 2.39. The number of hydrogen-bond donors (Lipinski definition) is 2.